The predicted octanol–water partition coefficient (Wildman–Crippen LogP) is 6.14. The Morgan fingerprint density at radius 2 is 1.81 bits per heavy atom. The number of amides is 1. The van der Waals surface area contributed by atoms with Crippen LogP contribution in [0.25, 0.3) is 16.8 Å². The second kappa shape index (κ2) is 11.5. The second-order valence-corrected chi connectivity index (χ2v) is 6.82. The Bertz CT molecular complexity index is 1110. The lowest BCUT2D eigenvalue weighted by Crippen LogP contribution is -2.25. The smallest absolute Gasteiger partial charge is 0.254 e. The highest BCUT2D eigenvalue weighted by atomic mass is 19.1. The summed E-state index contributed by atoms with van der Waals surface area (Å²) < 4.78 is 27.9. The molecule has 166 valence electrons. The molecule has 7 heteroatoms. The van der Waals surface area contributed by atoms with Crippen LogP contribution >= 0.6 is 0 Å². The molecule has 0 spiro atoms. The number of rotatable bonds is 7. The number of benzene rings is 1. The molecule has 1 aromatic carbocycles. The van der Waals surface area contributed by atoms with Gasteiger partial charge in [0.2, 0.25) is 0 Å². The SMILES string of the molecule is C=C.C=C(C)c1cnc(-c2cc(F)ccc2F)cc1Nc1ccncc1C(=O)NCCC. The first-order valence-electron chi connectivity index (χ1n) is 10.0. The van der Waals surface area contributed by atoms with Crippen molar-refractivity contribution in [3.8, 4) is 11.3 Å². The fraction of sp³-hybridized carbons (Fsp3) is 0.160. The first-order chi connectivity index (χ1) is 15.4. The van der Waals surface area contributed by atoms with Gasteiger partial charge in [0.1, 0.15) is 11.6 Å². The molecule has 32 heavy (non-hydrogen) atoms. The van der Waals surface area contributed by atoms with Gasteiger partial charge in [0, 0.05) is 41.9 Å². The number of pyridine rings is 2. The molecule has 1 amide bonds. The van der Waals surface area contributed by atoms with E-state index in [2.05, 4.69) is 40.3 Å². The van der Waals surface area contributed by atoms with E-state index in [1.807, 2.05) is 13.8 Å². The van der Waals surface area contributed by atoms with Crippen LogP contribution in [-0.4, -0.2) is 22.4 Å². The van der Waals surface area contributed by atoms with Crippen molar-refractivity contribution >= 4 is 22.9 Å². The molecular formula is C25H26F2N4O. The van der Waals surface area contributed by atoms with Gasteiger partial charge in [0.25, 0.3) is 5.91 Å². The highest BCUT2D eigenvalue weighted by Gasteiger charge is 2.15. The lowest BCUT2D eigenvalue weighted by Gasteiger charge is -2.16. The van der Waals surface area contributed by atoms with E-state index in [0.29, 0.717) is 29.0 Å². The van der Waals surface area contributed by atoms with Gasteiger partial charge in [-0.15, -0.1) is 13.2 Å². The van der Waals surface area contributed by atoms with Gasteiger partial charge in [0.05, 0.1) is 16.9 Å². The Morgan fingerprint density at radius 1 is 1.06 bits per heavy atom. The van der Waals surface area contributed by atoms with Crippen molar-refractivity contribution in [2.24, 2.45) is 0 Å². The summed E-state index contributed by atoms with van der Waals surface area (Å²) >= 11 is 0. The molecule has 0 aliphatic rings. The summed E-state index contributed by atoms with van der Waals surface area (Å²) in [5, 5.41) is 6.03. The Labute approximate surface area is 186 Å². The highest BCUT2D eigenvalue weighted by Crippen LogP contribution is 2.31. The van der Waals surface area contributed by atoms with Crippen molar-refractivity contribution < 1.29 is 13.6 Å². The number of carbonyl (C=O) groups excluding carboxylic acids is 1. The molecule has 2 aromatic heterocycles. The fourth-order valence-electron chi connectivity index (χ4n) is 2.90. The summed E-state index contributed by atoms with van der Waals surface area (Å²) in [6.45, 7) is 14.3. The van der Waals surface area contributed by atoms with E-state index < -0.39 is 11.6 Å². The Balaban J connectivity index is 0.00000176. The number of aromatic nitrogens is 2. The minimum Gasteiger partial charge on any atom is -0.354 e. The molecule has 0 saturated carbocycles. The molecule has 0 unspecified atom stereocenters. The molecule has 0 aliphatic heterocycles. The molecule has 3 aromatic rings. The van der Waals surface area contributed by atoms with Crippen molar-refractivity contribution in [2.45, 2.75) is 20.3 Å². The average Bonchev–Trinajstić information content (AvgIpc) is 2.80. The van der Waals surface area contributed by atoms with Gasteiger partial charge >= 0.3 is 0 Å². The van der Waals surface area contributed by atoms with Crippen LogP contribution in [-0.2, 0) is 0 Å². The third-order valence-corrected chi connectivity index (χ3v) is 4.44. The summed E-state index contributed by atoms with van der Waals surface area (Å²) in [4.78, 5) is 20.8. The molecule has 0 atom stereocenters. The summed E-state index contributed by atoms with van der Waals surface area (Å²) in [5.41, 5.74) is 3.17. The third kappa shape index (κ3) is 5.85. The van der Waals surface area contributed by atoms with Crippen molar-refractivity contribution in [2.75, 3.05) is 11.9 Å². The van der Waals surface area contributed by atoms with Crippen LogP contribution in [0.2, 0.25) is 0 Å². The molecular weight excluding hydrogens is 410 g/mol. The van der Waals surface area contributed by atoms with E-state index in [4.69, 9.17) is 0 Å². The van der Waals surface area contributed by atoms with Gasteiger partial charge in [-0.1, -0.05) is 13.5 Å². The van der Waals surface area contributed by atoms with Crippen LogP contribution in [0.5, 0.6) is 0 Å². The maximum absolute atomic E-state index is 14.3. The van der Waals surface area contributed by atoms with E-state index in [0.717, 1.165) is 30.2 Å². The molecule has 0 bridgehead atoms. The van der Waals surface area contributed by atoms with Gasteiger partial charge < -0.3 is 10.6 Å². The lowest BCUT2D eigenvalue weighted by atomic mass is 10.0. The molecule has 2 heterocycles. The quantitative estimate of drug-likeness (QED) is 0.437. The number of nitrogens with zero attached hydrogens (tertiary/aromatic N) is 2. The van der Waals surface area contributed by atoms with Crippen molar-refractivity contribution in [3.05, 3.63) is 91.4 Å². The minimum atomic E-state index is -0.582. The van der Waals surface area contributed by atoms with E-state index in [1.54, 1.807) is 24.5 Å². The van der Waals surface area contributed by atoms with E-state index in [9.17, 15) is 13.6 Å². The number of hydrogen-bond acceptors (Lipinski definition) is 4. The number of halogens is 2. The van der Waals surface area contributed by atoms with Gasteiger partial charge in [-0.3, -0.25) is 14.8 Å². The summed E-state index contributed by atoms with van der Waals surface area (Å²) in [6.07, 6.45) is 5.39. The first-order valence-corrected chi connectivity index (χ1v) is 10.0. The van der Waals surface area contributed by atoms with E-state index in [1.165, 1.54) is 6.20 Å². The van der Waals surface area contributed by atoms with Crippen LogP contribution in [0.15, 0.2) is 68.7 Å². The topological polar surface area (TPSA) is 66.9 Å². The van der Waals surface area contributed by atoms with Crippen molar-refractivity contribution in [1.29, 1.82) is 0 Å². The number of allylic oxidation sites excluding steroid dienone is 1. The third-order valence-electron chi connectivity index (χ3n) is 4.44. The van der Waals surface area contributed by atoms with E-state index in [-0.39, 0.29) is 17.2 Å². The average molecular weight is 437 g/mol. The zero-order valence-corrected chi connectivity index (χ0v) is 18.2. The predicted molar refractivity (Wildman–Crippen MR) is 126 cm³/mol. The van der Waals surface area contributed by atoms with Gasteiger partial charge in [-0.2, -0.15) is 0 Å². The standard InChI is InChI=1S/C23H22F2N4O.C2H4/c1-4-8-27-23(30)18-12-26-9-7-20(18)29-22-11-21(28-13-17(22)14(2)3)16-10-15(24)5-6-19(16)25;1-2/h5-7,9-13H,2,4,8H2,1,3H3,(H,27,30)(H,26,28,29);1-2H2. The van der Waals surface area contributed by atoms with Gasteiger partial charge in [0.15, 0.2) is 0 Å². The van der Waals surface area contributed by atoms with Crippen LogP contribution in [0.4, 0.5) is 20.2 Å². The zero-order valence-electron chi connectivity index (χ0n) is 18.2. The fourth-order valence-corrected chi connectivity index (χ4v) is 2.90. The first kappa shape index (κ1) is 24.4. The van der Waals surface area contributed by atoms with Crippen LogP contribution in [0.3, 0.4) is 0 Å². The maximum Gasteiger partial charge on any atom is 0.254 e. The molecule has 2 N–H and O–H groups in total. The van der Waals surface area contributed by atoms with Gasteiger partial charge in [-0.05, 0) is 49.2 Å². The number of anilines is 2. The number of carbonyl (C=O) groups is 1. The Hall–Kier alpha value is -3.87. The Kier molecular flexibility index (Phi) is 8.77. The van der Waals surface area contributed by atoms with Crippen molar-refractivity contribution in [1.82, 2.24) is 15.3 Å². The van der Waals surface area contributed by atoms with E-state index >= 15 is 0 Å². The largest absolute Gasteiger partial charge is 0.354 e. The van der Waals surface area contributed by atoms with Crippen LogP contribution in [0, 0.1) is 11.6 Å². The molecule has 0 fully saturated rings. The lowest BCUT2D eigenvalue weighted by molar-refractivity contribution is 0.0954. The van der Waals surface area contributed by atoms with Crippen molar-refractivity contribution in [3.63, 3.8) is 0 Å². The zero-order chi connectivity index (χ0) is 23.7. The second-order valence-electron chi connectivity index (χ2n) is 6.82. The number of nitrogens with one attached hydrogen (secondary N) is 2. The molecule has 3 rings (SSSR count). The summed E-state index contributed by atoms with van der Waals surface area (Å²) in [6, 6.07) is 6.49. The van der Waals surface area contributed by atoms with Crippen LogP contribution < -0.4 is 10.6 Å². The normalized spacial score (nSPS) is 10.0. The van der Waals surface area contributed by atoms with Crippen LogP contribution in [0.1, 0.15) is 36.2 Å². The summed E-state index contributed by atoms with van der Waals surface area (Å²) in [7, 11) is 0. The molecule has 0 saturated heterocycles. The Morgan fingerprint density at radius 3 is 2.50 bits per heavy atom. The monoisotopic (exact) mass is 436 g/mol. The minimum absolute atomic E-state index is 0.0435. The highest BCUT2D eigenvalue weighted by molar-refractivity contribution is 6.00. The van der Waals surface area contributed by atoms with Gasteiger partial charge in [-0.25, -0.2) is 8.78 Å². The maximum atomic E-state index is 14.3. The molecule has 5 nitrogen and oxygen atoms in total. The summed E-state index contributed by atoms with van der Waals surface area (Å²) in [5.74, 6) is -1.40. The number of hydrogen-bond donors (Lipinski definition) is 2. The molecule has 0 radical (unpaired) electrons. The molecule has 0 aliphatic carbocycles.